The van der Waals surface area contributed by atoms with Crippen LogP contribution in [0.4, 0.5) is 10.1 Å². The molecule has 0 aliphatic carbocycles. The maximum Gasteiger partial charge on any atom is 0.304 e. The minimum Gasteiger partial charge on any atom is -0.298 e. The Balaban J connectivity index is 2.91. The molecular weight excluding hydrogens is 269 g/mol. The van der Waals surface area contributed by atoms with Crippen LogP contribution in [-0.2, 0) is 11.2 Å². The summed E-state index contributed by atoms with van der Waals surface area (Å²) in [5.74, 6) is -1.02. The van der Waals surface area contributed by atoms with Crippen LogP contribution in [0.5, 0.6) is 0 Å². The molecule has 0 aliphatic rings. The fourth-order valence-corrected chi connectivity index (χ4v) is 1.28. The Morgan fingerprint density at radius 3 is 2.67 bits per heavy atom. The Labute approximate surface area is 93.4 Å². The molecule has 0 saturated heterocycles. The lowest BCUT2D eigenvalue weighted by atomic mass is 10.1. The first-order chi connectivity index (χ1) is 7.04. The molecule has 0 N–H and O–H groups in total. The monoisotopic (exact) mass is 275 g/mol. The molecule has 0 unspecified atom stereocenters. The van der Waals surface area contributed by atoms with Crippen molar-refractivity contribution in [1.29, 1.82) is 0 Å². The maximum atomic E-state index is 13.1. The average molecular weight is 276 g/mol. The van der Waals surface area contributed by atoms with E-state index in [1.807, 2.05) is 0 Å². The van der Waals surface area contributed by atoms with E-state index in [1.54, 1.807) is 0 Å². The van der Waals surface area contributed by atoms with E-state index in [4.69, 9.17) is 0 Å². The smallest absolute Gasteiger partial charge is 0.298 e. The van der Waals surface area contributed by atoms with Crippen LogP contribution in [0.2, 0.25) is 0 Å². The first-order valence-electron chi connectivity index (χ1n) is 4.05. The predicted molar refractivity (Wildman–Crippen MR) is 55.6 cm³/mol. The molecule has 0 bridgehead atoms. The zero-order valence-electron chi connectivity index (χ0n) is 7.57. The van der Waals surface area contributed by atoms with Crippen molar-refractivity contribution in [3.05, 3.63) is 39.7 Å². The summed E-state index contributed by atoms with van der Waals surface area (Å²) in [5, 5.41) is 10.5. The SMILES string of the molecule is O=C(CBr)Cc1ccc([N+](=O)[O-])c(F)c1. The molecule has 15 heavy (non-hydrogen) atoms. The number of hydrogen-bond donors (Lipinski definition) is 0. The Hall–Kier alpha value is -1.30. The number of ketones is 1. The van der Waals surface area contributed by atoms with E-state index < -0.39 is 16.4 Å². The molecule has 0 amide bonds. The summed E-state index contributed by atoms with van der Waals surface area (Å²) in [6.45, 7) is 0. The highest BCUT2D eigenvalue weighted by Gasteiger charge is 2.14. The lowest BCUT2D eigenvalue weighted by Crippen LogP contribution is -2.04. The Bertz CT molecular complexity index is 408. The fourth-order valence-electron chi connectivity index (χ4n) is 1.08. The summed E-state index contributed by atoms with van der Waals surface area (Å²) in [5.41, 5.74) is -0.146. The third-order valence-corrected chi connectivity index (χ3v) is 2.38. The van der Waals surface area contributed by atoms with Crippen molar-refractivity contribution in [3.63, 3.8) is 0 Å². The number of nitro groups is 1. The standard InChI is InChI=1S/C9H7BrFNO3/c10-5-7(13)3-6-1-2-9(12(14)15)8(11)4-6/h1-2,4H,3,5H2. The summed E-state index contributed by atoms with van der Waals surface area (Å²) in [6.07, 6.45) is 0.0696. The van der Waals surface area contributed by atoms with Gasteiger partial charge in [0.05, 0.1) is 10.3 Å². The molecule has 0 saturated carbocycles. The largest absolute Gasteiger partial charge is 0.304 e. The van der Waals surface area contributed by atoms with Gasteiger partial charge in [-0.1, -0.05) is 22.0 Å². The number of Topliss-reactive ketones (excluding diaryl/α,β-unsaturated/α-hetero) is 1. The first-order valence-corrected chi connectivity index (χ1v) is 5.17. The van der Waals surface area contributed by atoms with Gasteiger partial charge >= 0.3 is 5.69 Å². The van der Waals surface area contributed by atoms with Crippen molar-refractivity contribution in [1.82, 2.24) is 0 Å². The van der Waals surface area contributed by atoms with Gasteiger partial charge in [0, 0.05) is 12.5 Å². The highest BCUT2D eigenvalue weighted by atomic mass is 79.9. The molecule has 1 rings (SSSR count). The zero-order valence-corrected chi connectivity index (χ0v) is 9.16. The topological polar surface area (TPSA) is 60.2 Å². The Morgan fingerprint density at radius 2 is 2.20 bits per heavy atom. The number of benzene rings is 1. The number of nitrogens with zero attached hydrogens (tertiary/aromatic N) is 1. The maximum absolute atomic E-state index is 13.1. The predicted octanol–water partition coefficient (Wildman–Crippen LogP) is 2.24. The third kappa shape index (κ3) is 3.09. The number of halogens is 2. The van der Waals surface area contributed by atoms with Crippen molar-refractivity contribution in [3.8, 4) is 0 Å². The van der Waals surface area contributed by atoms with Gasteiger partial charge in [-0.3, -0.25) is 14.9 Å². The molecule has 0 radical (unpaired) electrons. The van der Waals surface area contributed by atoms with Gasteiger partial charge in [-0.15, -0.1) is 0 Å². The van der Waals surface area contributed by atoms with Gasteiger partial charge in [-0.2, -0.15) is 4.39 Å². The summed E-state index contributed by atoms with van der Waals surface area (Å²) >= 11 is 2.98. The van der Waals surface area contributed by atoms with E-state index in [1.165, 1.54) is 6.07 Å². The van der Waals surface area contributed by atoms with Gasteiger partial charge in [0.25, 0.3) is 0 Å². The van der Waals surface area contributed by atoms with Crippen LogP contribution in [-0.4, -0.2) is 16.0 Å². The first kappa shape index (κ1) is 11.8. The average Bonchev–Trinajstić information content (AvgIpc) is 2.17. The molecule has 4 nitrogen and oxygen atoms in total. The molecule has 0 fully saturated rings. The summed E-state index contributed by atoms with van der Waals surface area (Å²) in [6, 6.07) is 3.45. The van der Waals surface area contributed by atoms with Crippen molar-refractivity contribution in [2.45, 2.75) is 6.42 Å². The van der Waals surface area contributed by atoms with Gasteiger partial charge in [-0.25, -0.2) is 0 Å². The fraction of sp³-hybridized carbons (Fsp3) is 0.222. The second-order valence-corrected chi connectivity index (χ2v) is 3.45. The molecule has 0 spiro atoms. The van der Waals surface area contributed by atoms with Gasteiger partial charge in [-0.05, 0) is 11.6 Å². The molecule has 0 heterocycles. The number of alkyl halides is 1. The second kappa shape index (κ2) is 4.97. The van der Waals surface area contributed by atoms with E-state index >= 15 is 0 Å². The summed E-state index contributed by atoms with van der Waals surface area (Å²) < 4.78 is 13.1. The molecule has 6 heteroatoms. The molecule has 0 aliphatic heterocycles. The highest BCUT2D eigenvalue weighted by molar-refractivity contribution is 9.09. The van der Waals surface area contributed by atoms with Gasteiger partial charge in [0.15, 0.2) is 0 Å². The Kier molecular flexibility index (Phi) is 3.90. The van der Waals surface area contributed by atoms with Gasteiger partial charge in [0.1, 0.15) is 5.78 Å². The van der Waals surface area contributed by atoms with E-state index in [2.05, 4.69) is 15.9 Å². The summed E-state index contributed by atoms with van der Waals surface area (Å²) in [7, 11) is 0. The van der Waals surface area contributed by atoms with Gasteiger partial charge < -0.3 is 0 Å². The lowest BCUT2D eigenvalue weighted by Gasteiger charge is -1.99. The van der Waals surface area contributed by atoms with Crippen molar-refractivity contribution in [2.24, 2.45) is 0 Å². The quantitative estimate of drug-likeness (QED) is 0.481. The zero-order chi connectivity index (χ0) is 11.4. The van der Waals surface area contributed by atoms with Gasteiger partial charge in [0.2, 0.25) is 5.82 Å². The molecule has 1 aromatic carbocycles. The number of rotatable bonds is 4. The number of hydrogen-bond acceptors (Lipinski definition) is 3. The lowest BCUT2D eigenvalue weighted by molar-refractivity contribution is -0.387. The molecular formula is C9H7BrFNO3. The molecule has 0 aromatic heterocycles. The van der Waals surface area contributed by atoms with E-state index in [9.17, 15) is 19.3 Å². The molecule has 80 valence electrons. The van der Waals surface area contributed by atoms with E-state index in [0.717, 1.165) is 12.1 Å². The van der Waals surface area contributed by atoms with Crippen molar-refractivity contribution < 1.29 is 14.1 Å². The summed E-state index contributed by atoms with van der Waals surface area (Å²) in [4.78, 5) is 20.5. The van der Waals surface area contributed by atoms with Crippen LogP contribution in [0, 0.1) is 15.9 Å². The minimum atomic E-state index is -0.917. The molecule has 1 aromatic rings. The van der Waals surface area contributed by atoms with E-state index in [-0.39, 0.29) is 17.5 Å². The number of carbonyl (C=O) groups is 1. The van der Waals surface area contributed by atoms with Crippen LogP contribution in [0.25, 0.3) is 0 Å². The van der Waals surface area contributed by atoms with Crippen LogP contribution in [0.1, 0.15) is 5.56 Å². The minimum absolute atomic E-state index is 0.0696. The van der Waals surface area contributed by atoms with Crippen LogP contribution in [0.3, 0.4) is 0 Å². The third-order valence-electron chi connectivity index (χ3n) is 1.76. The van der Waals surface area contributed by atoms with Crippen LogP contribution < -0.4 is 0 Å². The molecule has 0 atom stereocenters. The van der Waals surface area contributed by atoms with Crippen LogP contribution >= 0.6 is 15.9 Å². The highest BCUT2D eigenvalue weighted by Crippen LogP contribution is 2.18. The van der Waals surface area contributed by atoms with Crippen molar-refractivity contribution >= 4 is 27.4 Å². The normalized spacial score (nSPS) is 10.0. The van der Waals surface area contributed by atoms with Crippen LogP contribution in [0.15, 0.2) is 18.2 Å². The van der Waals surface area contributed by atoms with Crippen molar-refractivity contribution in [2.75, 3.05) is 5.33 Å². The number of nitro benzene ring substituents is 1. The van der Waals surface area contributed by atoms with E-state index in [0.29, 0.717) is 5.56 Å². The number of carbonyl (C=O) groups excluding carboxylic acids is 1. The second-order valence-electron chi connectivity index (χ2n) is 2.89. The Morgan fingerprint density at radius 1 is 1.53 bits per heavy atom.